The van der Waals surface area contributed by atoms with Gasteiger partial charge in [-0.05, 0) is 42.0 Å². The fraction of sp³-hybridized carbons (Fsp3) is 0. The van der Waals surface area contributed by atoms with Crippen molar-refractivity contribution in [3.05, 3.63) is 105 Å². The molecule has 0 fully saturated rings. The first-order valence-corrected chi connectivity index (χ1v) is 8.96. The molecule has 0 heterocycles. The number of carbonyl (C=O) groups is 2. The average Bonchev–Trinajstić information content (AvgIpc) is 2.74. The molecule has 0 aliphatic carbocycles. The minimum absolute atomic E-state index is 0.113. The maximum absolute atomic E-state index is 12.2. The van der Waals surface area contributed by atoms with Crippen molar-refractivity contribution in [3.8, 4) is 5.75 Å². The molecular weight excluding hydrogens is 410 g/mol. The molecule has 1 amide bonds. The second kappa shape index (κ2) is 9.44. The predicted molar refractivity (Wildman–Crippen MR) is 111 cm³/mol. The van der Waals surface area contributed by atoms with Crippen LogP contribution in [0.5, 0.6) is 5.75 Å². The number of esters is 1. The Labute approximate surface area is 175 Å². The molecule has 3 aromatic rings. The summed E-state index contributed by atoms with van der Waals surface area (Å²) in [6.45, 7) is 0. The van der Waals surface area contributed by atoms with E-state index in [4.69, 9.17) is 16.3 Å². The molecule has 150 valence electrons. The molecule has 0 saturated carbocycles. The zero-order valence-electron chi connectivity index (χ0n) is 15.3. The fourth-order valence-corrected chi connectivity index (χ4v) is 2.62. The Bertz CT molecular complexity index is 1130. The highest BCUT2D eigenvalue weighted by Gasteiger charge is 2.12. The molecule has 1 N–H and O–H groups in total. The zero-order chi connectivity index (χ0) is 21.5. The van der Waals surface area contributed by atoms with Crippen LogP contribution in [0.3, 0.4) is 0 Å². The molecule has 0 aliphatic heterocycles. The molecule has 0 aliphatic rings. The number of hydrazone groups is 1. The minimum Gasteiger partial charge on any atom is -0.423 e. The van der Waals surface area contributed by atoms with Gasteiger partial charge in [0.1, 0.15) is 5.75 Å². The first-order valence-electron chi connectivity index (χ1n) is 8.58. The molecule has 0 spiro atoms. The number of halogens is 1. The van der Waals surface area contributed by atoms with E-state index in [-0.39, 0.29) is 27.6 Å². The zero-order valence-corrected chi connectivity index (χ0v) is 16.1. The van der Waals surface area contributed by atoms with E-state index in [0.29, 0.717) is 5.56 Å². The summed E-state index contributed by atoms with van der Waals surface area (Å²) in [5.41, 5.74) is 3.25. The molecule has 8 nitrogen and oxygen atoms in total. The molecule has 0 atom stereocenters. The molecule has 9 heteroatoms. The number of nitrogens with one attached hydrogen (secondary N) is 1. The number of non-ortho nitro benzene ring substituents is 1. The molecule has 0 aromatic heterocycles. The summed E-state index contributed by atoms with van der Waals surface area (Å²) in [6.07, 6.45) is 1.37. The van der Waals surface area contributed by atoms with Gasteiger partial charge >= 0.3 is 5.97 Å². The maximum Gasteiger partial charge on any atom is 0.345 e. The highest BCUT2D eigenvalue weighted by Crippen LogP contribution is 2.19. The van der Waals surface area contributed by atoms with Crippen molar-refractivity contribution in [3.63, 3.8) is 0 Å². The summed E-state index contributed by atoms with van der Waals surface area (Å²) in [6, 6.07) is 18.2. The van der Waals surface area contributed by atoms with E-state index < -0.39 is 16.8 Å². The molecule has 0 unspecified atom stereocenters. The van der Waals surface area contributed by atoms with Crippen LogP contribution < -0.4 is 10.2 Å². The normalized spacial score (nSPS) is 10.6. The van der Waals surface area contributed by atoms with Crippen LogP contribution in [0.2, 0.25) is 5.02 Å². The third kappa shape index (κ3) is 5.27. The predicted octanol–water partition coefficient (Wildman–Crippen LogP) is 4.23. The Morgan fingerprint density at radius 2 is 1.77 bits per heavy atom. The highest BCUT2D eigenvalue weighted by molar-refractivity contribution is 6.33. The van der Waals surface area contributed by atoms with E-state index in [9.17, 15) is 19.7 Å². The van der Waals surface area contributed by atoms with Crippen molar-refractivity contribution in [2.24, 2.45) is 5.10 Å². The summed E-state index contributed by atoms with van der Waals surface area (Å²) in [7, 11) is 0. The van der Waals surface area contributed by atoms with Gasteiger partial charge in [-0.3, -0.25) is 14.9 Å². The second-order valence-electron chi connectivity index (χ2n) is 5.94. The summed E-state index contributed by atoms with van der Waals surface area (Å²) in [5.74, 6) is -0.839. The van der Waals surface area contributed by atoms with Crippen LogP contribution >= 0.6 is 11.6 Å². The molecular formula is C21H14ClN3O5. The lowest BCUT2D eigenvalue weighted by molar-refractivity contribution is -0.384. The van der Waals surface area contributed by atoms with Crippen molar-refractivity contribution in [2.75, 3.05) is 0 Å². The van der Waals surface area contributed by atoms with Gasteiger partial charge in [0.05, 0.1) is 21.7 Å². The van der Waals surface area contributed by atoms with Crippen LogP contribution in [0.1, 0.15) is 26.3 Å². The maximum atomic E-state index is 12.2. The SMILES string of the molecule is O=C(NN=Cc1cccc(OC(=O)c2ccccc2Cl)c1)c1ccc([N+](=O)[O-])cc1. The van der Waals surface area contributed by atoms with E-state index in [1.807, 2.05) is 0 Å². The van der Waals surface area contributed by atoms with E-state index in [0.717, 1.165) is 0 Å². The average molecular weight is 424 g/mol. The quantitative estimate of drug-likeness (QED) is 0.210. The molecule has 0 bridgehead atoms. The first-order chi connectivity index (χ1) is 14.4. The fourth-order valence-electron chi connectivity index (χ4n) is 2.41. The van der Waals surface area contributed by atoms with Crippen LogP contribution in [0, 0.1) is 10.1 Å². The van der Waals surface area contributed by atoms with E-state index in [1.54, 1.807) is 48.5 Å². The van der Waals surface area contributed by atoms with Gasteiger partial charge in [-0.1, -0.05) is 35.9 Å². The molecule has 30 heavy (non-hydrogen) atoms. The molecule has 3 aromatic carbocycles. The molecule has 3 rings (SSSR count). The molecule has 0 saturated heterocycles. The number of ether oxygens (including phenoxy) is 1. The molecule has 0 radical (unpaired) electrons. The number of rotatable bonds is 6. The van der Waals surface area contributed by atoms with Gasteiger partial charge in [-0.25, -0.2) is 10.2 Å². The number of nitro benzene ring substituents is 1. The second-order valence-corrected chi connectivity index (χ2v) is 6.35. The van der Waals surface area contributed by atoms with Crippen LogP contribution in [-0.2, 0) is 0 Å². The van der Waals surface area contributed by atoms with Gasteiger partial charge in [0.15, 0.2) is 0 Å². The number of nitrogens with zero attached hydrogens (tertiary/aromatic N) is 2. The summed E-state index contributed by atoms with van der Waals surface area (Å²) < 4.78 is 5.32. The van der Waals surface area contributed by atoms with Crippen LogP contribution in [-0.4, -0.2) is 23.0 Å². The lowest BCUT2D eigenvalue weighted by atomic mass is 10.2. The van der Waals surface area contributed by atoms with E-state index in [2.05, 4.69) is 10.5 Å². The smallest absolute Gasteiger partial charge is 0.345 e. The number of carbonyl (C=O) groups excluding carboxylic acids is 2. The third-order valence-electron chi connectivity index (χ3n) is 3.88. The van der Waals surface area contributed by atoms with Crippen LogP contribution in [0.4, 0.5) is 5.69 Å². The van der Waals surface area contributed by atoms with Crippen LogP contribution in [0.25, 0.3) is 0 Å². The lowest BCUT2D eigenvalue weighted by Gasteiger charge is -2.06. The van der Waals surface area contributed by atoms with Gasteiger partial charge in [0.25, 0.3) is 11.6 Å². The Balaban J connectivity index is 1.62. The highest BCUT2D eigenvalue weighted by atomic mass is 35.5. The standard InChI is InChI=1S/C21H14ClN3O5/c22-19-7-2-1-6-18(19)21(27)30-17-5-3-4-14(12-17)13-23-24-20(26)15-8-10-16(11-9-15)25(28)29/h1-13H,(H,24,26). The van der Waals surface area contributed by atoms with Crippen molar-refractivity contribution in [1.29, 1.82) is 0 Å². The van der Waals surface area contributed by atoms with Gasteiger partial charge in [-0.2, -0.15) is 5.10 Å². The Kier molecular flexibility index (Phi) is 6.51. The third-order valence-corrected chi connectivity index (χ3v) is 4.21. The Morgan fingerprint density at radius 1 is 1.03 bits per heavy atom. The summed E-state index contributed by atoms with van der Waals surface area (Å²) in [4.78, 5) is 34.4. The van der Waals surface area contributed by atoms with E-state index >= 15 is 0 Å². The van der Waals surface area contributed by atoms with Crippen molar-refractivity contribution < 1.29 is 19.2 Å². The number of nitro groups is 1. The first kappa shape index (κ1) is 20.7. The van der Waals surface area contributed by atoms with Crippen molar-refractivity contribution in [2.45, 2.75) is 0 Å². The number of hydrogen-bond acceptors (Lipinski definition) is 6. The van der Waals surface area contributed by atoms with Crippen LogP contribution in [0.15, 0.2) is 77.9 Å². The number of hydrogen-bond donors (Lipinski definition) is 1. The van der Waals surface area contributed by atoms with Gasteiger partial charge < -0.3 is 4.74 Å². The number of amides is 1. The monoisotopic (exact) mass is 423 g/mol. The summed E-state index contributed by atoms with van der Waals surface area (Å²) in [5, 5.41) is 14.8. The Hall–Kier alpha value is -4.04. The van der Waals surface area contributed by atoms with Gasteiger partial charge in [-0.15, -0.1) is 0 Å². The van der Waals surface area contributed by atoms with Crippen molar-refractivity contribution >= 4 is 35.4 Å². The lowest BCUT2D eigenvalue weighted by Crippen LogP contribution is -2.17. The van der Waals surface area contributed by atoms with Gasteiger partial charge in [0.2, 0.25) is 0 Å². The number of benzene rings is 3. The Morgan fingerprint density at radius 3 is 2.47 bits per heavy atom. The topological polar surface area (TPSA) is 111 Å². The summed E-state index contributed by atoms with van der Waals surface area (Å²) >= 11 is 5.99. The van der Waals surface area contributed by atoms with E-state index in [1.165, 1.54) is 30.5 Å². The van der Waals surface area contributed by atoms with Crippen molar-refractivity contribution in [1.82, 2.24) is 5.43 Å². The van der Waals surface area contributed by atoms with Gasteiger partial charge in [0, 0.05) is 17.7 Å². The largest absolute Gasteiger partial charge is 0.423 e. The minimum atomic E-state index is -0.596.